The van der Waals surface area contributed by atoms with Gasteiger partial charge >= 0.3 is 5.69 Å². The SMILES string of the molecule is CC(C)N1N=C(c2c(O)n(C)c(=O)n(C)c2=O)CC1c1ccccc1. The lowest BCUT2D eigenvalue weighted by Crippen LogP contribution is -2.39. The highest BCUT2D eigenvalue weighted by Gasteiger charge is 2.33. The summed E-state index contributed by atoms with van der Waals surface area (Å²) in [6.45, 7) is 4.06. The first-order valence-electron chi connectivity index (χ1n) is 8.23. The van der Waals surface area contributed by atoms with Crippen LogP contribution >= 0.6 is 0 Å². The molecule has 0 amide bonds. The topological polar surface area (TPSA) is 79.8 Å². The Balaban J connectivity index is 2.13. The summed E-state index contributed by atoms with van der Waals surface area (Å²) >= 11 is 0. The van der Waals surface area contributed by atoms with Gasteiger partial charge in [0.15, 0.2) is 0 Å². The van der Waals surface area contributed by atoms with Crippen molar-refractivity contribution in [3.63, 3.8) is 0 Å². The minimum absolute atomic E-state index is 0.0162. The van der Waals surface area contributed by atoms with Crippen LogP contribution in [0.1, 0.15) is 37.4 Å². The van der Waals surface area contributed by atoms with E-state index in [1.165, 1.54) is 14.1 Å². The van der Waals surface area contributed by atoms with Gasteiger partial charge in [0.05, 0.1) is 11.8 Å². The van der Waals surface area contributed by atoms with Crippen LogP contribution in [0.4, 0.5) is 0 Å². The maximum atomic E-state index is 12.6. The van der Waals surface area contributed by atoms with Crippen molar-refractivity contribution in [2.75, 3.05) is 0 Å². The van der Waals surface area contributed by atoms with Gasteiger partial charge in [0.1, 0.15) is 5.56 Å². The molecule has 1 atom stereocenters. The van der Waals surface area contributed by atoms with Crippen molar-refractivity contribution >= 4 is 5.71 Å². The Kier molecular flexibility index (Phi) is 4.24. The zero-order chi connectivity index (χ0) is 18.3. The maximum absolute atomic E-state index is 12.6. The monoisotopic (exact) mass is 342 g/mol. The van der Waals surface area contributed by atoms with Gasteiger partial charge in [-0.2, -0.15) is 5.10 Å². The molecular weight excluding hydrogens is 320 g/mol. The number of nitrogens with zero attached hydrogens (tertiary/aromatic N) is 4. The van der Waals surface area contributed by atoms with Gasteiger partial charge in [-0.1, -0.05) is 30.3 Å². The third-order valence-electron chi connectivity index (χ3n) is 4.58. The number of hydrazone groups is 1. The van der Waals surface area contributed by atoms with Crippen LogP contribution in [0.15, 0.2) is 45.0 Å². The summed E-state index contributed by atoms with van der Waals surface area (Å²) in [7, 11) is 2.84. The van der Waals surface area contributed by atoms with E-state index in [0.29, 0.717) is 12.1 Å². The molecule has 2 aromatic rings. The van der Waals surface area contributed by atoms with E-state index in [-0.39, 0.29) is 23.5 Å². The molecule has 0 radical (unpaired) electrons. The average molecular weight is 342 g/mol. The van der Waals surface area contributed by atoms with Crippen molar-refractivity contribution in [1.82, 2.24) is 14.1 Å². The van der Waals surface area contributed by atoms with Crippen LogP contribution in [0.5, 0.6) is 5.88 Å². The molecule has 25 heavy (non-hydrogen) atoms. The van der Waals surface area contributed by atoms with E-state index in [9.17, 15) is 14.7 Å². The van der Waals surface area contributed by atoms with E-state index in [4.69, 9.17) is 0 Å². The summed E-state index contributed by atoms with van der Waals surface area (Å²) in [6.07, 6.45) is 0.489. The number of benzene rings is 1. The van der Waals surface area contributed by atoms with Crippen LogP contribution in [-0.2, 0) is 14.1 Å². The molecule has 7 heteroatoms. The van der Waals surface area contributed by atoms with Gasteiger partial charge < -0.3 is 5.11 Å². The average Bonchev–Trinajstić information content (AvgIpc) is 3.04. The second-order valence-corrected chi connectivity index (χ2v) is 6.56. The molecule has 0 saturated heterocycles. The van der Waals surface area contributed by atoms with Crippen LogP contribution in [0.3, 0.4) is 0 Å². The molecule has 2 heterocycles. The lowest BCUT2D eigenvalue weighted by molar-refractivity contribution is 0.184. The molecule has 1 aliphatic rings. The molecule has 3 rings (SSSR count). The minimum atomic E-state index is -0.565. The molecule has 0 saturated carbocycles. The van der Waals surface area contributed by atoms with Gasteiger partial charge in [-0.3, -0.25) is 18.9 Å². The highest BCUT2D eigenvalue weighted by Crippen LogP contribution is 2.34. The third-order valence-corrected chi connectivity index (χ3v) is 4.58. The predicted octanol–water partition coefficient (Wildman–Crippen LogP) is 1.35. The second kappa shape index (κ2) is 6.23. The van der Waals surface area contributed by atoms with Crippen LogP contribution in [0, 0.1) is 0 Å². The minimum Gasteiger partial charge on any atom is -0.494 e. The van der Waals surface area contributed by atoms with E-state index in [2.05, 4.69) is 5.10 Å². The van der Waals surface area contributed by atoms with E-state index in [1.54, 1.807) is 0 Å². The largest absolute Gasteiger partial charge is 0.494 e. The molecule has 1 aromatic carbocycles. The van der Waals surface area contributed by atoms with Crippen LogP contribution in [-0.4, -0.2) is 31.0 Å². The summed E-state index contributed by atoms with van der Waals surface area (Å²) in [4.78, 5) is 24.5. The lowest BCUT2D eigenvalue weighted by atomic mass is 9.98. The Labute approximate surface area is 145 Å². The Bertz CT molecular complexity index is 941. The molecule has 1 unspecified atom stereocenters. The Hall–Kier alpha value is -2.83. The van der Waals surface area contributed by atoms with Gasteiger partial charge in [-0.05, 0) is 19.4 Å². The number of rotatable bonds is 3. The molecular formula is C18H22N4O3. The van der Waals surface area contributed by atoms with Gasteiger partial charge in [0.25, 0.3) is 5.56 Å². The van der Waals surface area contributed by atoms with Crippen molar-refractivity contribution in [2.45, 2.75) is 32.4 Å². The summed E-state index contributed by atoms with van der Waals surface area (Å²) in [5, 5.41) is 16.9. The Morgan fingerprint density at radius 2 is 1.76 bits per heavy atom. The fraction of sp³-hybridized carbons (Fsp3) is 0.389. The third kappa shape index (κ3) is 2.75. The molecule has 1 aromatic heterocycles. The quantitative estimate of drug-likeness (QED) is 0.913. The molecule has 7 nitrogen and oxygen atoms in total. The molecule has 0 spiro atoms. The smallest absolute Gasteiger partial charge is 0.333 e. The molecule has 132 valence electrons. The van der Waals surface area contributed by atoms with Crippen molar-refractivity contribution in [3.8, 4) is 5.88 Å². The van der Waals surface area contributed by atoms with E-state index in [0.717, 1.165) is 14.7 Å². The normalized spacial score (nSPS) is 17.2. The van der Waals surface area contributed by atoms with Crippen molar-refractivity contribution in [2.24, 2.45) is 19.2 Å². The number of hydrogen-bond acceptors (Lipinski definition) is 5. The Morgan fingerprint density at radius 1 is 1.12 bits per heavy atom. The second-order valence-electron chi connectivity index (χ2n) is 6.56. The number of aromatic nitrogens is 2. The number of hydrogen-bond donors (Lipinski definition) is 1. The number of aromatic hydroxyl groups is 1. The van der Waals surface area contributed by atoms with Gasteiger partial charge in [0, 0.05) is 26.6 Å². The predicted molar refractivity (Wildman–Crippen MR) is 95.9 cm³/mol. The van der Waals surface area contributed by atoms with Gasteiger partial charge in [-0.25, -0.2) is 4.79 Å². The first-order valence-corrected chi connectivity index (χ1v) is 8.23. The standard InChI is InChI=1S/C18H22N4O3/c1-11(2)22-14(12-8-6-5-7-9-12)10-13(19-22)15-16(23)20(3)18(25)21(4)17(15)24/h5-9,11,14,23H,10H2,1-4H3. The lowest BCUT2D eigenvalue weighted by Gasteiger charge is -2.27. The van der Waals surface area contributed by atoms with Crippen molar-refractivity contribution in [3.05, 3.63) is 62.3 Å². The zero-order valence-corrected chi connectivity index (χ0v) is 14.8. The summed E-state index contributed by atoms with van der Waals surface area (Å²) < 4.78 is 2.06. The van der Waals surface area contributed by atoms with Gasteiger partial charge in [-0.15, -0.1) is 0 Å². The fourth-order valence-corrected chi connectivity index (χ4v) is 3.19. The molecule has 1 aliphatic heterocycles. The van der Waals surface area contributed by atoms with E-state index >= 15 is 0 Å². The van der Waals surface area contributed by atoms with Crippen molar-refractivity contribution < 1.29 is 5.11 Å². The Morgan fingerprint density at radius 3 is 2.36 bits per heavy atom. The summed E-state index contributed by atoms with van der Waals surface area (Å²) in [5.41, 5.74) is 0.586. The highest BCUT2D eigenvalue weighted by atomic mass is 16.3. The van der Waals surface area contributed by atoms with Crippen molar-refractivity contribution in [1.29, 1.82) is 0 Å². The first kappa shape index (κ1) is 17.0. The first-order chi connectivity index (χ1) is 11.8. The molecule has 0 aliphatic carbocycles. The fourth-order valence-electron chi connectivity index (χ4n) is 3.19. The van der Waals surface area contributed by atoms with Crippen LogP contribution < -0.4 is 11.2 Å². The maximum Gasteiger partial charge on any atom is 0.333 e. The molecule has 0 fully saturated rings. The summed E-state index contributed by atoms with van der Waals surface area (Å²) in [6, 6.07) is 10.0. The van der Waals surface area contributed by atoms with E-state index in [1.807, 2.05) is 49.2 Å². The van der Waals surface area contributed by atoms with Crippen LogP contribution in [0.2, 0.25) is 0 Å². The summed E-state index contributed by atoms with van der Waals surface area (Å²) in [5.74, 6) is -0.343. The molecule has 1 N–H and O–H groups in total. The van der Waals surface area contributed by atoms with E-state index < -0.39 is 11.2 Å². The van der Waals surface area contributed by atoms with Crippen LogP contribution in [0.25, 0.3) is 0 Å². The molecule has 0 bridgehead atoms. The highest BCUT2D eigenvalue weighted by molar-refractivity contribution is 6.03. The van der Waals surface area contributed by atoms with Gasteiger partial charge in [0.2, 0.25) is 5.88 Å². The zero-order valence-electron chi connectivity index (χ0n) is 14.8.